The van der Waals surface area contributed by atoms with E-state index in [1.807, 2.05) is 6.92 Å². The summed E-state index contributed by atoms with van der Waals surface area (Å²) in [6.07, 6.45) is 3.03. The van der Waals surface area contributed by atoms with Crippen molar-refractivity contribution in [2.75, 3.05) is 41.0 Å². The first-order valence-corrected chi connectivity index (χ1v) is 13.8. The van der Waals surface area contributed by atoms with E-state index in [0.717, 1.165) is 44.9 Å². The van der Waals surface area contributed by atoms with Gasteiger partial charge < -0.3 is 28.8 Å². The highest BCUT2D eigenvalue weighted by atomic mass is 16.7. The number of aryl methyl sites for hydroxylation is 1. The minimum absolute atomic E-state index is 0.0566. The predicted octanol–water partition coefficient (Wildman–Crippen LogP) is 3.65. The van der Waals surface area contributed by atoms with Crippen LogP contribution < -0.4 is 18.9 Å². The van der Waals surface area contributed by atoms with Crippen molar-refractivity contribution in [3.8, 4) is 29.1 Å². The highest BCUT2D eigenvalue weighted by Crippen LogP contribution is 2.57. The van der Waals surface area contributed by atoms with Crippen molar-refractivity contribution < 1.29 is 28.8 Å². The second kappa shape index (κ2) is 10.3. The van der Waals surface area contributed by atoms with Crippen LogP contribution in [0, 0.1) is 32.1 Å². The van der Waals surface area contributed by atoms with Gasteiger partial charge in [0.25, 0.3) is 0 Å². The van der Waals surface area contributed by atoms with Crippen LogP contribution in [0.4, 0.5) is 0 Å². The summed E-state index contributed by atoms with van der Waals surface area (Å²) in [7, 11) is 3.74. The zero-order valence-electron chi connectivity index (χ0n) is 23.8. The van der Waals surface area contributed by atoms with E-state index < -0.39 is 12.1 Å². The van der Waals surface area contributed by atoms with Crippen molar-refractivity contribution in [2.45, 2.75) is 63.8 Å². The van der Waals surface area contributed by atoms with Gasteiger partial charge in [0, 0.05) is 41.4 Å². The van der Waals surface area contributed by atoms with Gasteiger partial charge in [-0.05, 0) is 57.4 Å². The zero-order chi connectivity index (χ0) is 28.3. The first kappa shape index (κ1) is 26.9. The Balaban J connectivity index is 1.59. The molecule has 4 heterocycles. The second-order valence-corrected chi connectivity index (χ2v) is 11.2. The Morgan fingerprint density at radius 2 is 1.88 bits per heavy atom. The van der Waals surface area contributed by atoms with Crippen LogP contribution in [-0.4, -0.2) is 74.0 Å². The number of methoxy groups -OCH3 is 1. The molecule has 1 N–H and O–H groups in total. The van der Waals surface area contributed by atoms with E-state index in [1.54, 1.807) is 13.2 Å². The lowest BCUT2D eigenvalue weighted by atomic mass is 9.71. The van der Waals surface area contributed by atoms with E-state index in [4.69, 9.17) is 23.7 Å². The Morgan fingerprint density at radius 1 is 1.10 bits per heavy atom. The van der Waals surface area contributed by atoms with Crippen LogP contribution in [0.5, 0.6) is 23.0 Å². The maximum atomic E-state index is 11.0. The van der Waals surface area contributed by atoms with E-state index in [2.05, 4.69) is 49.4 Å². The molecule has 9 nitrogen and oxygen atoms in total. The Bertz CT molecular complexity index is 1400. The average molecular weight is 548 g/mol. The number of likely N-dealkylation sites (N-methyl/N-ethyl adjacent to an activating group) is 1. The minimum Gasteiger partial charge on any atom is -0.489 e. The molecular weight excluding hydrogens is 510 g/mol. The number of piperazine rings is 1. The van der Waals surface area contributed by atoms with Gasteiger partial charge in [-0.2, -0.15) is 5.26 Å². The van der Waals surface area contributed by atoms with Gasteiger partial charge in [-0.1, -0.05) is 18.7 Å². The third-order valence-corrected chi connectivity index (χ3v) is 9.25. The Labute approximate surface area is 235 Å². The van der Waals surface area contributed by atoms with Gasteiger partial charge in [0.1, 0.15) is 24.1 Å². The number of hydrogen-bond donors (Lipinski definition) is 1. The van der Waals surface area contributed by atoms with Crippen LogP contribution >= 0.6 is 0 Å². The molecule has 4 aliphatic rings. The fourth-order valence-corrected chi connectivity index (χ4v) is 7.49. The smallest absolute Gasteiger partial charge is 0.231 e. The molecule has 2 bridgehead atoms. The summed E-state index contributed by atoms with van der Waals surface area (Å²) in [5, 5.41) is 21.6. The van der Waals surface area contributed by atoms with E-state index in [-0.39, 0.29) is 38.3 Å². The molecule has 0 saturated carbocycles. The zero-order valence-corrected chi connectivity index (χ0v) is 23.8. The highest BCUT2D eigenvalue weighted by molar-refractivity contribution is 5.66. The van der Waals surface area contributed by atoms with Crippen LogP contribution in [0.1, 0.15) is 51.0 Å². The Morgan fingerprint density at radius 3 is 2.58 bits per heavy atom. The molecule has 0 spiro atoms. The Kier molecular flexibility index (Phi) is 6.91. The summed E-state index contributed by atoms with van der Waals surface area (Å²) < 4.78 is 29.8. The number of benzene rings is 2. The van der Waals surface area contributed by atoms with Gasteiger partial charge in [-0.3, -0.25) is 9.80 Å². The van der Waals surface area contributed by atoms with Crippen LogP contribution in [0.25, 0.3) is 0 Å². The highest BCUT2D eigenvalue weighted by Gasteiger charge is 2.56. The number of nitriles is 1. The topological polar surface area (TPSA) is 96.7 Å². The summed E-state index contributed by atoms with van der Waals surface area (Å²) in [4.78, 5) is 4.57. The largest absolute Gasteiger partial charge is 0.489 e. The second-order valence-electron chi connectivity index (χ2n) is 11.2. The van der Waals surface area contributed by atoms with E-state index in [0.29, 0.717) is 30.9 Å². The summed E-state index contributed by atoms with van der Waals surface area (Å²) in [6, 6.07) is 3.71. The van der Waals surface area contributed by atoms with Crippen LogP contribution in [0.15, 0.2) is 18.7 Å². The Hall–Kier alpha value is -3.29. The normalized spacial score (nSPS) is 26.4. The number of rotatable bonds is 7. The van der Waals surface area contributed by atoms with Crippen molar-refractivity contribution in [3.63, 3.8) is 0 Å². The molecule has 0 amide bonds. The summed E-state index contributed by atoms with van der Waals surface area (Å²) >= 11 is 0. The molecule has 1 saturated heterocycles. The molecule has 4 aliphatic heterocycles. The summed E-state index contributed by atoms with van der Waals surface area (Å²) in [6.45, 7) is 10.4. The molecule has 2 aromatic rings. The SMILES string of the molecule is C=CCOc1c(C)c2c(c3c1CC1[C@H]4c5c(cc(C)c(C)c5OCOC)C[C@@H](C(C#N)N1[C@H]3CO)N4C)OCO2. The molecule has 2 unspecified atom stereocenters. The number of aliphatic hydroxyl groups excluding tert-OH is 1. The number of ether oxygens (including phenoxy) is 5. The predicted molar refractivity (Wildman–Crippen MR) is 148 cm³/mol. The third-order valence-electron chi connectivity index (χ3n) is 9.25. The van der Waals surface area contributed by atoms with E-state index in [1.165, 1.54) is 5.56 Å². The molecule has 6 rings (SSSR count). The molecule has 2 aromatic carbocycles. The first-order valence-electron chi connectivity index (χ1n) is 13.8. The molecule has 40 heavy (non-hydrogen) atoms. The molecule has 0 aliphatic carbocycles. The molecule has 0 radical (unpaired) electrons. The molecule has 0 aromatic heterocycles. The summed E-state index contributed by atoms with van der Waals surface area (Å²) in [5.41, 5.74) is 7.30. The number of fused-ring (bicyclic) bond motifs is 9. The van der Waals surface area contributed by atoms with E-state index in [9.17, 15) is 10.4 Å². The monoisotopic (exact) mass is 547 g/mol. The number of nitrogens with zero attached hydrogens (tertiary/aromatic N) is 3. The lowest BCUT2D eigenvalue weighted by Gasteiger charge is -2.60. The van der Waals surface area contributed by atoms with E-state index >= 15 is 0 Å². The van der Waals surface area contributed by atoms with Crippen molar-refractivity contribution >= 4 is 0 Å². The summed E-state index contributed by atoms with van der Waals surface area (Å²) in [5.74, 6) is 2.87. The van der Waals surface area contributed by atoms with Crippen molar-refractivity contribution in [2.24, 2.45) is 0 Å². The molecule has 9 heteroatoms. The standard InChI is InChI=1S/C31H37N3O6/c1-7-8-37-28-18(4)30-31(40-15-39-30)26-20(28)11-22-27-25-19(9-16(2)17(3)29(25)38-14-36-6)10-21(33(27)5)23(12-32)34(22)24(26)13-35/h7,9,21-24,27,35H,1,8,10-11,13-15H2,2-6H3/t21-,22?,23?,24-,27-/m0/s1. The number of aliphatic hydroxyl groups is 1. The van der Waals surface area contributed by atoms with Gasteiger partial charge >= 0.3 is 0 Å². The van der Waals surface area contributed by atoms with Gasteiger partial charge in [0.2, 0.25) is 6.79 Å². The molecular formula is C31H37N3O6. The minimum atomic E-state index is -0.462. The maximum absolute atomic E-state index is 11.0. The third kappa shape index (κ3) is 3.74. The van der Waals surface area contributed by atoms with Crippen molar-refractivity contribution in [3.05, 3.63) is 57.7 Å². The molecule has 212 valence electrons. The van der Waals surface area contributed by atoms with Crippen LogP contribution in [0.2, 0.25) is 0 Å². The van der Waals surface area contributed by atoms with Crippen molar-refractivity contribution in [1.82, 2.24) is 9.80 Å². The average Bonchev–Trinajstić information content (AvgIpc) is 3.44. The van der Waals surface area contributed by atoms with Crippen molar-refractivity contribution in [1.29, 1.82) is 5.26 Å². The van der Waals surface area contributed by atoms with Crippen LogP contribution in [0.3, 0.4) is 0 Å². The quantitative estimate of drug-likeness (QED) is 0.412. The van der Waals surface area contributed by atoms with Crippen LogP contribution in [-0.2, 0) is 17.6 Å². The van der Waals surface area contributed by atoms with Gasteiger partial charge in [0.15, 0.2) is 18.3 Å². The molecule has 1 fully saturated rings. The maximum Gasteiger partial charge on any atom is 0.231 e. The van der Waals surface area contributed by atoms with Gasteiger partial charge in [-0.15, -0.1) is 0 Å². The fraction of sp³-hybridized carbons (Fsp3) is 0.516. The fourth-order valence-electron chi connectivity index (χ4n) is 7.49. The molecule has 5 atom stereocenters. The lowest BCUT2D eigenvalue weighted by Crippen LogP contribution is -2.68. The number of hydrogen-bond acceptors (Lipinski definition) is 9. The first-order chi connectivity index (χ1) is 19.4. The van der Waals surface area contributed by atoms with Gasteiger partial charge in [0.05, 0.1) is 24.8 Å². The lowest BCUT2D eigenvalue weighted by molar-refractivity contribution is -0.0831. The van der Waals surface area contributed by atoms with Gasteiger partial charge in [-0.25, -0.2) is 0 Å².